The number of hydrogen-bond donors (Lipinski definition) is 1. The molecular formula is C31H30ClN5O2S. The van der Waals surface area contributed by atoms with Crippen LogP contribution < -0.4 is 5.32 Å². The van der Waals surface area contributed by atoms with E-state index in [1.165, 1.54) is 4.90 Å². The molecule has 40 heavy (non-hydrogen) atoms. The van der Waals surface area contributed by atoms with Crippen molar-refractivity contribution >= 4 is 55.9 Å². The SMILES string of the molecule is N#CC1(Cn2ccc3cc(Cl)cc(-c4ccnc5cc(CN6C(=O)CC7(CCCC7)C6=O)sc45)c32)CCNCC1. The topological polar surface area (TPSA) is 91.0 Å². The van der Waals surface area contributed by atoms with E-state index in [-0.39, 0.29) is 11.8 Å². The van der Waals surface area contributed by atoms with Gasteiger partial charge in [-0.3, -0.25) is 19.5 Å². The van der Waals surface area contributed by atoms with Crippen LogP contribution in [0.3, 0.4) is 0 Å². The van der Waals surface area contributed by atoms with Crippen molar-refractivity contribution in [3.05, 3.63) is 52.6 Å². The molecule has 0 radical (unpaired) electrons. The third-order valence-electron chi connectivity index (χ3n) is 9.21. The van der Waals surface area contributed by atoms with Gasteiger partial charge in [-0.05, 0) is 69.1 Å². The molecule has 4 aromatic rings. The van der Waals surface area contributed by atoms with Crippen molar-refractivity contribution in [3.63, 3.8) is 0 Å². The van der Waals surface area contributed by atoms with Crippen molar-refractivity contribution in [1.29, 1.82) is 5.26 Å². The summed E-state index contributed by atoms with van der Waals surface area (Å²) in [5.41, 5.74) is 3.01. The molecule has 1 aromatic carbocycles. The summed E-state index contributed by atoms with van der Waals surface area (Å²) in [6.45, 7) is 2.60. The first-order valence-electron chi connectivity index (χ1n) is 14.0. The van der Waals surface area contributed by atoms with E-state index in [0.717, 1.165) is 88.7 Å². The molecule has 1 spiro atoms. The lowest BCUT2D eigenvalue weighted by atomic mass is 9.80. The Hall–Kier alpha value is -3.25. The van der Waals surface area contributed by atoms with Gasteiger partial charge in [-0.25, -0.2) is 0 Å². The summed E-state index contributed by atoms with van der Waals surface area (Å²) in [7, 11) is 0. The minimum Gasteiger partial charge on any atom is -0.345 e. The Morgan fingerprint density at radius 1 is 1.07 bits per heavy atom. The molecule has 3 aliphatic rings. The summed E-state index contributed by atoms with van der Waals surface area (Å²) in [5, 5.41) is 15.2. The van der Waals surface area contributed by atoms with Crippen LogP contribution in [0.1, 0.15) is 49.8 Å². The molecule has 204 valence electrons. The Bertz CT molecular complexity index is 1700. The second-order valence-corrected chi connectivity index (χ2v) is 13.3. The van der Waals surface area contributed by atoms with E-state index in [0.29, 0.717) is 24.5 Å². The van der Waals surface area contributed by atoms with Gasteiger partial charge in [-0.15, -0.1) is 11.3 Å². The summed E-state index contributed by atoms with van der Waals surface area (Å²) in [6.07, 6.45) is 9.52. The number of nitrogens with one attached hydrogen (secondary N) is 1. The van der Waals surface area contributed by atoms with Crippen molar-refractivity contribution < 1.29 is 9.59 Å². The van der Waals surface area contributed by atoms with E-state index in [2.05, 4.69) is 33.2 Å². The molecule has 2 aliphatic heterocycles. The van der Waals surface area contributed by atoms with E-state index < -0.39 is 10.8 Å². The highest BCUT2D eigenvalue weighted by atomic mass is 35.5. The number of piperidine rings is 1. The van der Waals surface area contributed by atoms with Gasteiger partial charge < -0.3 is 9.88 Å². The predicted molar refractivity (Wildman–Crippen MR) is 157 cm³/mol. The molecule has 0 unspecified atom stereocenters. The van der Waals surface area contributed by atoms with Crippen LogP contribution in [-0.2, 0) is 22.7 Å². The maximum absolute atomic E-state index is 13.3. The van der Waals surface area contributed by atoms with Gasteiger partial charge in [0.1, 0.15) is 0 Å². The van der Waals surface area contributed by atoms with Crippen LogP contribution in [0, 0.1) is 22.2 Å². The Labute approximate surface area is 241 Å². The minimum absolute atomic E-state index is 0.000601. The number of nitrogens with zero attached hydrogens (tertiary/aromatic N) is 4. The number of nitriles is 1. The quantitative estimate of drug-likeness (QED) is 0.284. The van der Waals surface area contributed by atoms with E-state index in [1.54, 1.807) is 17.5 Å². The minimum atomic E-state index is -0.468. The van der Waals surface area contributed by atoms with Crippen LogP contribution in [0.5, 0.6) is 0 Å². The fraction of sp³-hybridized carbons (Fsp3) is 0.419. The summed E-state index contributed by atoms with van der Waals surface area (Å²) in [4.78, 5) is 33.3. The van der Waals surface area contributed by atoms with Gasteiger partial charge in [0.25, 0.3) is 0 Å². The second kappa shape index (κ2) is 9.69. The normalized spacial score (nSPS) is 20.2. The summed E-state index contributed by atoms with van der Waals surface area (Å²) in [6, 6.07) is 12.7. The Morgan fingerprint density at radius 3 is 2.65 bits per heavy atom. The van der Waals surface area contributed by atoms with Crippen LogP contribution >= 0.6 is 22.9 Å². The van der Waals surface area contributed by atoms with Crippen LogP contribution in [0.2, 0.25) is 5.02 Å². The van der Waals surface area contributed by atoms with Gasteiger partial charge >= 0.3 is 0 Å². The molecule has 9 heteroatoms. The van der Waals surface area contributed by atoms with E-state index in [4.69, 9.17) is 11.6 Å². The lowest BCUT2D eigenvalue weighted by Crippen LogP contribution is -2.38. The number of fused-ring (bicyclic) bond motifs is 2. The lowest BCUT2D eigenvalue weighted by Gasteiger charge is -2.32. The van der Waals surface area contributed by atoms with Gasteiger partial charge in [0.2, 0.25) is 11.8 Å². The number of carbonyl (C=O) groups excluding carboxylic acids is 2. The third-order valence-corrected chi connectivity index (χ3v) is 10.6. The molecule has 1 aliphatic carbocycles. The number of amides is 2. The largest absolute Gasteiger partial charge is 0.345 e. The highest BCUT2D eigenvalue weighted by molar-refractivity contribution is 7.19. The number of thiophene rings is 1. The third kappa shape index (κ3) is 4.14. The number of imide groups is 1. The van der Waals surface area contributed by atoms with Crippen molar-refractivity contribution in [1.82, 2.24) is 19.8 Å². The van der Waals surface area contributed by atoms with Crippen LogP contribution in [0.25, 0.3) is 32.2 Å². The van der Waals surface area contributed by atoms with Gasteiger partial charge in [0.05, 0.1) is 39.2 Å². The molecule has 1 saturated carbocycles. The standard InChI is InChI=1S/C31H30ClN5O2S/c32-21-13-20-4-12-36(19-30(18-33)7-10-34-11-8-30)27(20)24(14-21)23-3-9-35-25-15-22(40-28(23)25)17-37-26(38)16-31(29(37)39)5-1-2-6-31/h3-4,9,12-15,34H,1-2,5-8,10-11,16-17,19H2. The zero-order chi connectivity index (χ0) is 27.5. The number of rotatable bonds is 5. The maximum Gasteiger partial charge on any atom is 0.236 e. The van der Waals surface area contributed by atoms with Gasteiger partial charge in [0.15, 0.2) is 0 Å². The molecule has 1 N–H and O–H groups in total. The van der Waals surface area contributed by atoms with Gasteiger partial charge in [-0.2, -0.15) is 5.26 Å². The Balaban J connectivity index is 1.28. The van der Waals surface area contributed by atoms with Crippen molar-refractivity contribution in [2.75, 3.05) is 13.1 Å². The maximum atomic E-state index is 13.3. The number of hydrogen-bond acceptors (Lipinski definition) is 6. The summed E-state index contributed by atoms with van der Waals surface area (Å²) < 4.78 is 3.21. The first-order valence-corrected chi connectivity index (χ1v) is 15.2. The van der Waals surface area contributed by atoms with Crippen LogP contribution in [0.4, 0.5) is 0 Å². The monoisotopic (exact) mass is 571 g/mol. The Kier molecular flexibility index (Phi) is 6.23. The first-order chi connectivity index (χ1) is 19.4. The molecule has 2 saturated heterocycles. The number of pyridine rings is 1. The predicted octanol–water partition coefficient (Wildman–Crippen LogP) is 6.28. The van der Waals surface area contributed by atoms with E-state index in [9.17, 15) is 14.9 Å². The number of aromatic nitrogens is 2. The molecule has 7 nitrogen and oxygen atoms in total. The van der Waals surface area contributed by atoms with Crippen molar-refractivity contribution in [3.8, 4) is 17.2 Å². The van der Waals surface area contributed by atoms with Gasteiger partial charge in [0, 0.05) is 51.8 Å². The molecule has 5 heterocycles. The molecule has 2 amide bonds. The first kappa shape index (κ1) is 25.7. The zero-order valence-corrected chi connectivity index (χ0v) is 23.8. The molecular weight excluding hydrogens is 542 g/mol. The smallest absolute Gasteiger partial charge is 0.236 e. The average Bonchev–Trinajstić information content (AvgIpc) is 3.73. The van der Waals surface area contributed by atoms with Crippen LogP contribution in [-0.4, -0.2) is 39.4 Å². The zero-order valence-electron chi connectivity index (χ0n) is 22.2. The molecule has 0 atom stereocenters. The molecule has 7 rings (SSSR count). The number of carbonyl (C=O) groups is 2. The summed E-state index contributed by atoms with van der Waals surface area (Å²) >= 11 is 8.21. The molecule has 3 fully saturated rings. The second-order valence-electron chi connectivity index (χ2n) is 11.7. The molecule has 0 bridgehead atoms. The van der Waals surface area contributed by atoms with E-state index in [1.807, 2.05) is 24.3 Å². The fourth-order valence-electron chi connectivity index (χ4n) is 7.08. The van der Waals surface area contributed by atoms with Crippen molar-refractivity contribution in [2.45, 2.75) is 58.0 Å². The van der Waals surface area contributed by atoms with E-state index >= 15 is 0 Å². The molecule has 3 aromatic heterocycles. The highest BCUT2D eigenvalue weighted by Gasteiger charge is 2.52. The number of halogens is 1. The fourth-order valence-corrected chi connectivity index (χ4v) is 8.44. The van der Waals surface area contributed by atoms with Gasteiger partial charge in [-0.1, -0.05) is 24.4 Å². The number of likely N-dealkylation sites (tertiary alicyclic amines) is 1. The lowest BCUT2D eigenvalue weighted by molar-refractivity contribution is -0.142. The van der Waals surface area contributed by atoms with Crippen molar-refractivity contribution in [2.24, 2.45) is 10.8 Å². The number of benzene rings is 1. The highest BCUT2D eigenvalue weighted by Crippen LogP contribution is 2.48. The summed E-state index contributed by atoms with van der Waals surface area (Å²) in [5.74, 6) is -0.0596. The Morgan fingerprint density at radius 2 is 1.88 bits per heavy atom. The van der Waals surface area contributed by atoms with Crippen LogP contribution in [0.15, 0.2) is 42.7 Å². The average molecular weight is 572 g/mol.